The highest BCUT2D eigenvalue weighted by Gasteiger charge is 2.05. The Morgan fingerprint density at radius 1 is 1.44 bits per heavy atom. The summed E-state index contributed by atoms with van der Waals surface area (Å²) < 4.78 is 10.4. The molecule has 1 aromatic carbocycles. The van der Waals surface area contributed by atoms with Gasteiger partial charge in [-0.15, -0.1) is 0 Å². The third-order valence-electron chi connectivity index (χ3n) is 2.41. The second-order valence-corrected chi connectivity index (χ2v) is 4.01. The van der Waals surface area contributed by atoms with E-state index in [-0.39, 0.29) is 0 Å². The van der Waals surface area contributed by atoms with E-state index in [9.17, 15) is 0 Å². The molecular weight excluding hydrogens is 226 g/mol. The van der Waals surface area contributed by atoms with Crippen LogP contribution in [0.25, 0.3) is 11.0 Å². The van der Waals surface area contributed by atoms with E-state index in [0.717, 1.165) is 34.6 Å². The van der Waals surface area contributed by atoms with Gasteiger partial charge in [-0.3, -0.25) is 0 Å². The van der Waals surface area contributed by atoms with Crippen molar-refractivity contribution in [1.82, 2.24) is 5.32 Å². The van der Waals surface area contributed by atoms with Crippen molar-refractivity contribution in [2.75, 3.05) is 20.3 Å². The number of halogens is 1. The molecule has 0 amide bonds. The lowest BCUT2D eigenvalue weighted by atomic mass is 10.2. The molecule has 0 aliphatic rings. The van der Waals surface area contributed by atoms with E-state index in [4.69, 9.17) is 20.8 Å². The topological polar surface area (TPSA) is 34.4 Å². The Morgan fingerprint density at radius 3 is 3.12 bits per heavy atom. The van der Waals surface area contributed by atoms with Gasteiger partial charge in [0.1, 0.15) is 5.58 Å². The number of hydrogen-bond acceptors (Lipinski definition) is 3. The lowest BCUT2D eigenvalue weighted by molar-refractivity contribution is 0.199. The van der Waals surface area contributed by atoms with Gasteiger partial charge in [-0.2, -0.15) is 0 Å². The maximum absolute atomic E-state index is 5.95. The maximum Gasteiger partial charge on any atom is 0.134 e. The van der Waals surface area contributed by atoms with E-state index in [2.05, 4.69) is 5.32 Å². The summed E-state index contributed by atoms with van der Waals surface area (Å²) in [6, 6.07) is 5.64. The van der Waals surface area contributed by atoms with Crippen molar-refractivity contribution < 1.29 is 9.15 Å². The van der Waals surface area contributed by atoms with Crippen LogP contribution in [0.3, 0.4) is 0 Å². The van der Waals surface area contributed by atoms with Crippen LogP contribution in [-0.4, -0.2) is 20.3 Å². The number of methoxy groups -OCH3 is 1. The zero-order chi connectivity index (χ0) is 11.4. The molecule has 0 aliphatic heterocycles. The van der Waals surface area contributed by atoms with Crippen molar-refractivity contribution in [3.05, 3.63) is 35.0 Å². The maximum atomic E-state index is 5.95. The van der Waals surface area contributed by atoms with E-state index in [1.165, 1.54) is 0 Å². The van der Waals surface area contributed by atoms with Crippen molar-refractivity contribution in [3.63, 3.8) is 0 Å². The molecule has 0 fully saturated rings. The van der Waals surface area contributed by atoms with Gasteiger partial charge in [-0.05, 0) is 18.2 Å². The van der Waals surface area contributed by atoms with Crippen LogP contribution in [0.5, 0.6) is 0 Å². The molecule has 0 radical (unpaired) electrons. The van der Waals surface area contributed by atoms with E-state index < -0.39 is 0 Å². The number of benzene rings is 1. The summed E-state index contributed by atoms with van der Waals surface area (Å²) in [4.78, 5) is 0. The molecule has 1 N–H and O–H groups in total. The molecule has 16 heavy (non-hydrogen) atoms. The first-order chi connectivity index (χ1) is 7.81. The molecule has 2 rings (SSSR count). The lowest BCUT2D eigenvalue weighted by Gasteiger charge is -2.02. The fourth-order valence-electron chi connectivity index (χ4n) is 1.59. The summed E-state index contributed by atoms with van der Waals surface area (Å²) in [6.45, 7) is 2.29. The zero-order valence-electron chi connectivity index (χ0n) is 9.13. The van der Waals surface area contributed by atoms with Crippen molar-refractivity contribution >= 4 is 22.6 Å². The van der Waals surface area contributed by atoms with Gasteiger partial charge in [0.2, 0.25) is 0 Å². The average Bonchev–Trinajstić information content (AvgIpc) is 2.67. The largest absolute Gasteiger partial charge is 0.464 e. The second-order valence-electron chi connectivity index (χ2n) is 3.57. The van der Waals surface area contributed by atoms with Gasteiger partial charge in [-0.25, -0.2) is 0 Å². The molecule has 3 nitrogen and oxygen atoms in total. The Bertz CT molecular complexity index is 467. The number of hydrogen-bond donors (Lipinski definition) is 1. The first kappa shape index (κ1) is 11.5. The smallest absolute Gasteiger partial charge is 0.134 e. The van der Waals surface area contributed by atoms with Crippen LogP contribution < -0.4 is 5.32 Å². The summed E-state index contributed by atoms with van der Waals surface area (Å²) in [7, 11) is 1.69. The van der Waals surface area contributed by atoms with Gasteiger partial charge in [0, 0.05) is 36.2 Å². The van der Waals surface area contributed by atoms with Crippen molar-refractivity contribution in [1.29, 1.82) is 0 Å². The number of ether oxygens (including phenoxy) is 1. The summed E-state index contributed by atoms with van der Waals surface area (Å²) in [5.41, 5.74) is 1.99. The molecule has 0 saturated heterocycles. The molecule has 0 atom stereocenters. The fraction of sp³-hybridized carbons (Fsp3) is 0.333. The molecule has 0 spiro atoms. The van der Waals surface area contributed by atoms with Crippen LogP contribution in [0, 0.1) is 0 Å². The Morgan fingerprint density at radius 2 is 2.31 bits per heavy atom. The molecule has 86 valence electrons. The Balaban J connectivity index is 2.09. The summed E-state index contributed by atoms with van der Waals surface area (Å²) >= 11 is 5.95. The van der Waals surface area contributed by atoms with E-state index >= 15 is 0 Å². The molecule has 0 bridgehead atoms. The third kappa shape index (κ3) is 2.55. The van der Waals surface area contributed by atoms with Crippen molar-refractivity contribution in [2.24, 2.45) is 0 Å². The number of furan rings is 1. The first-order valence-electron chi connectivity index (χ1n) is 5.16. The van der Waals surface area contributed by atoms with Gasteiger partial charge in [-0.1, -0.05) is 11.6 Å². The van der Waals surface area contributed by atoms with Gasteiger partial charge in [0.05, 0.1) is 12.9 Å². The second kappa shape index (κ2) is 5.34. The molecule has 4 heteroatoms. The minimum atomic E-state index is 0.705. The van der Waals surface area contributed by atoms with Crippen LogP contribution in [0.1, 0.15) is 5.56 Å². The zero-order valence-corrected chi connectivity index (χ0v) is 9.88. The van der Waals surface area contributed by atoms with Gasteiger partial charge < -0.3 is 14.5 Å². The fourth-order valence-corrected chi connectivity index (χ4v) is 1.76. The molecular formula is C12H14ClNO2. The van der Waals surface area contributed by atoms with Gasteiger partial charge in [0.25, 0.3) is 0 Å². The molecule has 1 heterocycles. The van der Waals surface area contributed by atoms with Crippen LogP contribution in [0.15, 0.2) is 28.9 Å². The minimum absolute atomic E-state index is 0.705. The molecule has 2 aromatic rings. The normalized spacial score (nSPS) is 11.1. The Hall–Kier alpha value is -1.03. The number of rotatable bonds is 5. The predicted molar refractivity (Wildman–Crippen MR) is 64.8 cm³/mol. The summed E-state index contributed by atoms with van der Waals surface area (Å²) in [5, 5.41) is 5.07. The van der Waals surface area contributed by atoms with Crippen molar-refractivity contribution in [3.8, 4) is 0 Å². The van der Waals surface area contributed by atoms with E-state index in [1.807, 2.05) is 18.2 Å². The van der Waals surface area contributed by atoms with Gasteiger partial charge >= 0.3 is 0 Å². The van der Waals surface area contributed by atoms with Crippen LogP contribution in [-0.2, 0) is 11.3 Å². The van der Waals surface area contributed by atoms with Crippen LogP contribution >= 0.6 is 11.6 Å². The monoisotopic (exact) mass is 239 g/mol. The molecule has 0 aliphatic carbocycles. The third-order valence-corrected chi connectivity index (χ3v) is 2.65. The molecule has 0 saturated carbocycles. The van der Waals surface area contributed by atoms with Crippen molar-refractivity contribution in [2.45, 2.75) is 6.54 Å². The first-order valence-corrected chi connectivity index (χ1v) is 5.54. The van der Waals surface area contributed by atoms with Gasteiger partial charge in [0.15, 0.2) is 0 Å². The quantitative estimate of drug-likeness (QED) is 0.815. The lowest BCUT2D eigenvalue weighted by Crippen LogP contribution is -2.18. The predicted octanol–water partition coefficient (Wildman–Crippen LogP) is 2.82. The highest BCUT2D eigenvalue weighted by Crippen LogP contribution is 2.24. The van der Waals surface area contributed by atoms with Crippen LogP contribution in [0.2, 0.25) is 5.02 Å². The Kier molecular flexibility index (Phi) is 3.83. The average molecular weight is 240 g/mol. The van der Waals surface area contributed by atoms with E-state index in [0.29, 0.717) is 6.61 Å². The SMILES string of the molecule is COCCNCc1coc2ccc(Cl)cc12. The summed E-state index contributed by atoms with van der Waals surface area (Å²) in [6.07, 6.45) is 1.76. The summed E-state index contributed by atoms with van der Waals surface area (Å²) in [5.74, 6) is 0. The molecule has 1 aromatic heterocycles. The number of nitrogens with one attached hydrogen (secondary N) is 1. The standard InChI is InChI=1S/C12H14ClNO2/c1-15-5-4-14-7-9-8-16-12-3-2-10(13)6-11(9)12/h2-3,6,8,14H,4-5,7H2,1H3. The van der Waals surface area contributed by atoms with E-state index in [1.54, 1.807) is 13.4 Å². The Labute approximate surface area is 99.3 Å². The van der Waals surface area contributed by atoms with Crippen LogP contribution in [0.4, 0.5) is 0 Å². The minimum Gasteiger partial charge on any atom is -0.464 e. The highest BCUT2D eigenvalue weighted by atomic mass is 35.5. The molecule has 0 unspecified atom stereocenters. The highest BCUT2D eigenvalue weighted by molar-refractivity contribution is 6.31. The number of fused-ring (bicyclic) bond motifs is 1.